The van der Waals surface area contributed by atoms with Gasteiger partial charge in [-0.2, -0.15) is 5.10 Å². The lowest BCUT2D eigenvalue weighted by Crippen LogP contribution is -2.27. The van der Waals surface area contributed by atoms with E-state index in [-0.39, 0.29) is 11.5 Å². The molecular weight excluding hydrogens is 366 g/mol. The highest BCUT2D eigenvalue weighted by molar-refractivity contribution is 5.85. The van der Waals surface area contributed by atoms with E-state index < -0.39 is 0 Å². The normalized spacial score (nSPS) is 11.2. The summed E-state index contributed by atoms with van der Waals surface area (Å²) in [7, 11) is 0. The number of nitrogens with zero attached hydrogens (tertiary/aromatic N) is 4. The molecule has 1 amide bonds. The number of hydrogen-bond donors (Lipinski definition) is 1. The fourth-order valence-corrected chi connectivity index (χ4v) is 3.50. The predicted octanol–water partition coefficient (Wildman–Crippen LogP) is 2.71. The summed E-state index contributed by atoms with van der Waals surface area (Å²) in [6, 6.07) is 14.2. The minimum atomic E-state index is -0.121. The second-order valence-electron chi connectivity index (χ2n) is 7.02. The Morgan fingerprint density at radius 3 is 2.79 bits per heavy atom. The van der Waals surface area contributed by atoms with Gasteiger partial charge in [0.15, 0.2) is 5.65 Å². The molecule has 0 bridgehead atoms. The van der Waals surface area contributed by atoms with E-state index in [2.05, 4.69) is 33.6 Å². The summed E-state index contributed by atoms with van der Waals surface area (Å²) in [4.78, 5) is 29.0. The van der Waals surface area contributed by atoms with Gasteiger partial charge in [0.1, 0.15) is 11.7 Å². The van der Waals surface area contributed by atoms with Crippen LogP contribution in [0.3, 0.4) is 0 Å². The number of carbonyl (C=O) groups is 1. The molecule has 148 valence electrons. The van der Waals surface area contributed by atoms with Crippen LogP contribution in [0.25, 0.3) is 21.8 Å². The highest BCUT2D eigenvalue weighted by Gasteiger charge is 2.11. The molecule has 2 aromatic heterocycles. The number of nitrogens with one attached hydrogen (secondary N) is 1. The van der Waals surface area contributed by atoms with E-state index >= 15 is 0 Å². The Morgan fingerprint density at radius 2 is 1.93 bits per heavy atom. The Morgan fingerprint density at radius 1 is 1.10 bits per heavy atom. The van der Waals surface area contributed by atoms with Crippen molar-refractivity contribution in [2.24, 2.45) is 0 Å². The topological polar surface area (TPSA) is 81.8 Å². The smallest absolute Gasteiger partial charge is 0.264 e. The largest absolute Gasteiger partial charge is 0.354 e. The van der Waals surface area contributed by atoms with Crippen LogP contribution in [-0.2, 0) is 17.9 Å². The Labute approximate surface area is 168 Å². The van der Waals surface area contributed by atoms with Gasteiger partial charge < -0.3 is 5.32 Å². The van der Waals surface area contributed by atoms with Crippen molar-refractivity contribution in [2.45, 2.75) is 32.9 Å². The van der Waals surface area contributed by atoms with Crippen molar-refractivity contribution < 1.29 is 4.79 Å². The Hall–Kier alpha value is -3.48. The van der Waals surface area contributed by atoms with Gasteiger partial charge in [-0.1, -0.05) is 49.4 Å². The maximum absolute atomic E-state index is 12.9. The SMILES string of the molecule is CCCC(=O)NCCn1ncc2c(=O)n(Cc3cccc4ccccc34)cnc21. The van der Waals surface area contributed by atoms with Gasteiger partial charge in [-0.25, -0.2) is 9.67 Å². The summed E-state index contributed by atoms with van der Waals surface area (Å²) >= 11 is 0. The van der Waals surface area contributed by atoms with Crippen molar-refractivity contribution in [3.05, 3.63) is 70.9 Å². The van der Waals surface area contributed by atoms with Crippen LogP contribution in [0.5, 0.6) is 0 Å². The molecule has 7 nitrogen and oxygen atoms in total. The molecule has 2 aromatic carbocycles. The standard InChI is InChI=1S/C22H23N5O2/c1-2-6-20(28)23-11-12-27-21-19(13-25-27)22(29)26(15-24-21)14-17-9-5-8-16-7-3-4-10-18(16)17/h3-5,7-10,13,15H,2,6,11-12,14H2,1H3,(H,23,28). The molecule has 0 saturated heterocycles. The van der Waals surface area contributed by atoms with Crippen molar-refractivity contribution >= 4 is 27.7 Å². The number of aromatic nitrogens is 4. The van der Waals surface area contributed by atoms with Crippen molar-refractivity contribution in [2.75, 3.05) is 6.54 Å². The van der Waals surface area contributed by atoms with Crippen LogP contribution in [0.2, 0.25) is 0 Å². The van der Waals surface area contributed by atoms with Crippen LogP contribution in [0.15, 0.2) is 59.8 Å². The maximum atomic E-state index is 12.9. The average molecular weight is 389 g/mol. The quantitative estimate of drug-likeness (QED) is 0.527. The first-order valence-corrected chi connectivity index (χ1v) is 9.81. The highest BCUT2D eigenvalue weighted by Crippen LogP contribution is 2.19. The molecule has 7 heteroatoms. The second-order valence-corrected chi connectivity index (χ2v) is 7.02. The van der Waals surface area contributed by atoms with Crippen LogP contribution < -0.4 is 10.9 Å². The maximum Gasteiger partial charge on any atom is 0.264 e. The number of rotatable bonds is 7. The fourth-order valence-electron chi connectivity index (χ4n) is 3.50. The number of carbonyl (C=O) groups excluding carboxylic acids is 1. The molecule has 4 rings (SSSR count). The summed E-state index contributed by atoms with van der Waals surface area (Å²) in [6.45, 7) is 3.34. The molecule has 0 aliphatic carbocycles. The zero-order chi connectivity index (χ0) is 20.2. The zero-order valence-electron chi connectivity index (χ0n) is 16.3. The molecule has 0 aliphatic heterocycles. The van der Waals surface area contributed by atoms with E-state index in [1.54, 1.807) is 21.8 Å². The van der Waals surface area contributed by atoms with Gasteiger partial charge in [0.2, 0.25) is 5.91 Å². The van der Waals surface area contributed by atoms with E-state index in [1.807, 2.05) is 31.2 Å². The van der Waals surface area contributed by atoms with Gasteiger partial charge in [0.25, 0.3) is 5.56 Å². The lowest BCUT2D eigenvalue weighted by atomic mass is 10.0. The van der Waals surface area contributed by atoms with Crippen molar-refractivity contribution in [3.63, 3.8) is 0 Å². The molecule has 0 radical (unpaired) electrons. The highest BCUT2D eigenvalue weighted by atomic mass is 16.1. The van der Waals surface area contributed by atoms with E-state index in [1.165, 1.54) is 0 Å². The molecule has 0 unspecified atom stereocenters. The van der Waals surface area contributed by atoms with Gasteiger partial charge in [-0.3, -0.25) is 14.2 Å². The molecule has 0 saturated carbocycles. The van der Waals surface area contributed by atoms with E-state index in [9.17, 15) is 9.59 Å². The minimum Gasteiger partial charge on any atom is -0.354 e. The average Bonchev–Trinajstić information content (AvgIpc) is 3.14. The van der Waals surface area contributed by atoms with E-state index in [4.69, 9.17) is 0 Å². The zero-order valence-corrected chi connectivity index (χ0v) is 16.3. The van der Waals surface area contributed by atoms with Gasteiger partial charge in [0, 0.05) is 13.0 Å². The predicted molar refractivity (Wildman–Crippen MR) is 113 cm³/mol. The monoisotopic (exact) mass is 389 g/mol. The summed E-state index contributed by atoms with van der Waals surface area (Å²) in [6.07, 6.45) is 4.45. The molecule has 0 spiro atoms. The van der Waals surface area contributed by atoms with Crippen LogP contribution in [0, 0.1) is 0 Å². The molecule has 0 atom stereocenters. The molecule has 2 heterocycles. The van der Waals surface area contributed by atoms with Crippen LogP contribution in [-0.4, -0.2) is 31.8 Å². The Kier molecular flexibility index (Phi) is 5.37. The van der Waals surface area contributed by atoms with Gasteiger partial charge in [0.05, 0.1) is 19.3 Å². The third-order valence-corrected chi connectivity index (χ3v) is 4.97. The molecule has 0 fully saturated rings. The lowest BCUT2D eigenvalue weighted by molar-refractivity contribution is -0.121. The first-order chi connectivity index (χ1) is 14.2. The second kappa shape index (κ2) is 8.26. The number of benzene rings is 2. The first kappa shape index (κ1) is 18.9. The van der Waals surface area contributed by atoms with Gasteiger partial charge in [-0.05, 0) is 22.8 Å². The van der Waals surface area contributed by atoms with Crippen molar-refractivity contribution in [1.82, 2.24) is 24.6 Å². The lowest BCUT2D eigenvalue weighted by Gasteiger charge is -2.09. The molecule has 29 heavy (non-hydrogen) atoms. The third-order valence-electron chi connectivity index (χ3n) is 4.97. The summed E-state index contributed by atoms with van der Waals surface area (Å²) in [5.41, 5.74) is 1.48. The minimum absolute atomic E-state index is 0.0226. The molecule has 4 aromatic rings. The first-order valence-electron chi connectivity index (χ1n) is 9.81. The van der Waals surface area contributed by atoms with Gasteiger partial charge >= 0.3 is 0 Å². The Balaban J connectivity index is 1.57. The summed E-state index contributed by atoms with van der Waals surface area (Å²) < 4.78 is 3.27. The molecule has 0 aliphatic rings. The van der Waals surface area contributed by atoms with Gasteiger partial charge in [-0.15, -0.1) is 0 Å². The van der Waals surface area contributed by atoms with E-state index in [0.29, 0.717) is 37.1 Å². The van der Waals surface area contributed by atoms with Crippen molar-refractivity contribution in [3.8, 4) is 0 Å². The fraction of sp³-hybridized carbons (Fsp3) is 0.273. The molecule has 1 N–H and O–H groups in total. The van der Waals surface area contributed by atoms with Crippen LogP contribution in [0.4, 0.5) is 0 Å². The number of fused-ring (bicyclic) bond motifs is 2. The number of amides is 1. The summed E-state index contributed by atoms with van der Waals surface area (Å²) in [5, 5.41) is 9.89. The van der Waals surface area contributed by atoms with Crippen LogP contribution >= 0.6 is 0 Å². The Bertz CT molecular complexity index is 1220. The van der Waals surface area contributed by atoms with E-state index in [0.717, 1.165) is 22.8 Å². The number of hydrogen-bond acceptors (Lipinski definition) is 4. The molecular formula is C22H23N5O2. The van der Waals surface area contributed by atoms with Crippen LogP contribution in [0.1, 0.15) is 25.3 Å². The third kappa shape index (κ3) is 3.89. The van der Waals surface area contributed by atoms with Crippen molar-refractivity contribution in [1.29, 1.82) is 0 Å². The summed E-state index contributed by atoms with van der Waals surface area (Å²) in [5.74, 6) is 0.0226.